The normalized spacial score (nSPS) is 18.1. The Morgan fingerprint density at radius 2 is 1.96 bits per heavy atom. The van der Waals surface area contributed by atoms with E-state index in [1.165, 1.54) is 16.8 Å². The van der Waals surface area contributed by atoms with Crippen LogP contribution in [0.3, 0.4) is 0 Å². The smallest absolute Gasteiger partial charge is 0.309 e. The molecule has 3 rings (SSSR count). The molecule has 1 aromatic rings. The van der Waals surface area contributed by atoms with Gasteiger partial charge >= 0.3 is 11.8 Å². The molecule has 0 spiro atoms. The Bertz CT molecular complexity index is 716. The number of nitrogens with one attached hydrogen (secondary N) is 2. The van der Waals surface area contributed by atoms with E-state index in [1.807, 2.05) is 0 Å². The second-order valence-electron chi connectivity index (χ2n) is 7.29. The summed E-state index contributed by atoms with van der Waals surface area (Å²) >= 11 is 0. The number of fused-ring (bicyclic) bond motifs is 1. The summed E-state index contributed by atoms with van der Waals surface area (Å²) in [5, 5.41) is 5.31. The largest absolute Gasteiger partial charge is 0.379 e. The number of carbonyl (C=O) groups is 2. The molecule has 2 aliphatic heterocycles. The molecule has 2 amide bonds. The number of ether oxygens (including phenoxy) is 1. The van der Waals surface area contributed by atoms with Crippen LogP contribution in [0.25, 0.3) is 0 Å². The molecule has 7 nitrogen and oxygen atoms in total. The Labute approximate surface area is 166 Å². The molecule has 2 aliphatic rings. The third kappa shape index (κ3) is 4.91. The molecule has 28 heavy (non-hydrogen) atoms. The molecule has 1 saturated heterocycles. The van der Waals surface area contributed by atoms with Gasteiger partial charge in [0.15, 0.2) is 0 Å². The van der Waals surface area contributed by atoms with Crippen LogP contribution < -0.4 is 15.5 Å². The lowest BCUT2D eigenvalue weighted by molar-refractivity contribution is -0.139. The number of benzene rings is 1. The fourth-order valence-corrected chi connectivity index (χ4v) is 3.87. The van der Waals surface area contributed by atoms with Crippen molar-refractivity contribution in [2.75, 3.05) is 57.9 Å². The van der Waals surface area contributed by atoms with Gasteiger partial charge in [-0.25, -0.2) is 0 Å². The summed E-state index contributed by atoms with van der Waals surface area (Å²) in [6.45, 7) is 8.25. The molecular weight excluding hydrogens is 356 g/mol. The highest BCUT2D eigenvalue weighted by molar-refractivity contribution is 6.35. The van der Waals surface area contributed by atoms with E-state index < -0.39 is 11.8 Å². The summed E-state index contributed by atoms with van der Waals surface area (Å²) in [6, 6.07) is 6.59. The van der Waals surface area contributed by atoms with Gasteiger partial charge < -0.3 is 20.3 Å². The van der Waals surface area contributed by atoms with Crippen molar-refractivity contribution in [1.82, 2.24) is 15.5 Å². The fourth-order valence-electron chi connectivity index (χ4n) is 3.87. The van der Waals surface area contributed by atoms with Crippen LogP contribution in [0.15, 0.2) is 30.9 Å². The SMILES string of the molecule is C=CCNC(=O)C(=O)NCC(c1ccc2c(c1)CCCN2C)N1CCOCC1. The molecule has 1 unspecified atom stereocenters. The van der Waals surface area contributed by atoms with E-state index in [0.717, 1.165) is 32.5 Å². The maximum Gasteiger partial charge on any atom is 0.309 e. The number of anilines is 1. The van der Waals surface area contributed by atoms with Crippen LogP contribution >= 0.6 is 0 Å². The van der Waals surface area contributed by atoms with E-state index in [0.29, 0.717) is 19.8 Å². The minimum Gasteiger partial charge on any atom is -0.379 e. The van der Waals surface area contributed by atoms with Crippen molar-refractivity contribution in [3.63, 3.8) is 0 Å². The molecule has 0 aromatic heterocycles. The lowest BCUT2D eigenvalue weighted by Gasteiger charge is -2.36. The average molecular weight is 386 g/mol. The lowest BCUT2D eigenvalue weighted by Crippen LogP contribution is -2.46. The van der Waals surface area contributed by atoms with Gasteiger partial charge in [0, 0.05) is 45.5 Å². The second kappa shape index (κ2) is 9.71. The van der Waals surface area contributed by atoms with Gasteiger partial charge in [-0.3, -0.25) is 14.5 Å². The topological polar surface area (TPSA) is 73.9 Å². The van der Waals surface area contributed by atoms with Crippen molar-refractivity contribution < 1.29 is 14.3 Å². The molecule has 2 heterocycles. The predicted octanol–water partition coefficient (Wildman–Crippen LogP) is 0.861. The molecule has 0 bridgehead atoms. The van der Waals surface area contributed by atoms with Crippen LogP contribution in [0, 0.1) is 0 Å². The van der Waals surface area contributed by atoms with Crippen molar-refractivity contribution in [2.24, 2.45) is 0 Å². The van der Waals surface area contributed by atoms with E-state index >= 15 is 0 Å². The monoisotopic (exact) mass is 386 g/mol. The Balaban J connectivity index is 1.75. The zero-order valence-electron chi connectivity index (χ0n) is 16.6. The van der Waals surface area contributed by atoms with Crippen molar-refractivity contribution >= 4 is 17.5 Å². The number of amides is 2. The summed E-state index contributed by atoms with van der Waals surface area (Å²) in [7, 11) is 2.12. The third-order valence-electron chi connectivity index (χ3n) is 5.39. The van der Waals surface area contributed by atoms with Crippen LogP contribution in [0.4, 0.5) is 5.69 Å². The van der Waals surface area contributed by atoms with Gasteiger partial charge in [0.2, 0.25) is 0 Å². The summed E-state index contributed by atoms with van der Waals surface area (Å²) in [5.41, 5.74) is 3.80. The molecule has 0 radical (unpaired) electrons. The molecule has 1 fully saturated rings. The molecule has 0 aliphatic carbocycles. The third-order valence-corrected chi connectivity index (χ3v) is 5.39. The van der Waals surface area contributed by atoms with E-state index in [4.69, 9.17) is 4.74 Å². The number of carbonyl (C=O) groups excluding carboxylic acids is 2. The van der Waals surface area contributed by atoms with E-state index in [2.05, 4.69) is 52.3 Å². The molecule has 2 N–H and O–H groups in total. The first-order chi connectivity index (χ1) is 13.6. The highest BCUT2D eigenvalue weighted by Gasteiger charge is 2.26. The molecule has 1 atom stereocenters. The fraction of sp³-hybridized carbons (Fsp3) is 0.524. The average Bonchev–Trinajstić information content (AvgIpc) is 2.73. The zero-order chi connectivity index (χ0) is 19.9. The number of hydrogen-bond donors (Lipinski definition) is 2. The van der Waals surface area contributed by atoms with Crippen molar-refractivity contribution in [3.8, 4) is 0 Å². The number of nitrogens with zero attached hydrogens (tertiary/aromatic N) is 2. The Kier molecular flexibility index (Phi) is 7.06. The summed E-state index contributed by atoms with van der Waals surface area (Å²) in [5.74, 6) is -1.24. The Morgan fingerprint density at radius 1 is 1.21 bits per heavy atom. The first-order valence-corrected chi connectivity index (χ1v) is 9.93. The second-order valence-corrected chi connectivity index (χ2v) is 7.29. The van der Waals surface area contributed by atoms with Gasteiger partial charge in [0.05, 0.1) is 19.3 Å². The number of rotatable bonds is 6. The predicted molar refractivity (Wildman–Crippen MR) is 109 cm³/mol. The van der Waals surface area contributed by atoms with E-state index in [1.54, 1.807) is 6.08 Å². The quantitative estimate of drug-likeness (QED) is 0.560. The van der Waals surface area contributed by atoms with Crippen LogP contribution in [-0.4, -0.2) is 69.7 Å². The highest BCUT2D eigenvalue weighted by atomic mass is 16.5. The maximum absolute atomic E-state index is 12.1. The van der Waals surface area contributed by atoms with Crippen LogP contribution in [0.1, 0.15) is 23.6 Å². The van der Waals surface area contributed by atoms with Gasteiger partial charge in [0.1, 0.15) is 0 Å². The van der Waals surface area contributed by atoms with Crippen LogP contribution in [0.2, 0.25) is 0 Å². The molecule has 7 heteroatoms. The van der Waals surface area contributed by atoms with Gasteiger partial charge in [-0.15, -0.1) is 6.58 Å². The summed E-state index contributed by atoms with van der Waals surface area (Å²) in [6.07, 6.45) is 3.76. The standard InChI is InChI=1S/C21H30N4O3/c1-3-8-22-20(26)21(27)23-15-19(25-10-12-28-13-11-25)17-6-7-18-16(14-17)5-4-9-24(18)2/h3,6-7,14,19H,1,4-5,8-13,15H2,2H3,(H,22,26)(H,23,27). The molecular formula is C21H30N4O3. The minimum absolute atomic E-state index is 0.0117. The van der Waals surface area contributed by atoms with E-state index in [-0.39, 0.29) is 12.6 Å². The van der Waals surface area contributed by atoms with Gasteiger partial charge in [-0.2, -0.15) is 0 Å². The molecule has 1 aromatic carbocycles. The summed E-state index contributed by atoms with van der Waals surface area (Å²) in [4.78, 5) is 28.6. The Morgan fingerprint density at radius 3 is 2.71 bits per heavy atom. The van der Waals surface area contributed by atoms with Crippen molar-refractivity contribution in [2.45, 2.75) is 18.9 Å². The zero-order valence-corrected chi connectivity index (χ0v) is 16.6. The first kappa shape index (κ1) is 20.4. The molecule has 0 saturated carbocycles. The lowest BCUT2D eigenvalue weighted by atomic mass is 9.95. The maximum atomic E-state index is 12.1. The van der Waals surface area contributed by atoms with Crippen molar-refractivity contribution in [3.05, 3.63) is 42.0 Å². The van der Waals surface area contributed by atoms with Gasteiger partial charge in [-0.1, -0.05) is 18.2 Å². The van der Waals surface area contributed by atoms with Crippen LogP contribution in [-0.2, 0) is 20.7 Å². The molecule has 152 valence electrons. The summed E-state index contributed by atoms with van der Waals surface area (Å²) < 4.78 is 5.49. The Hall–Kier alpha value is -2.38. The number of morpholine rings is 1. The van der Waals surface area contributed by atoms with E-state index in [9.17, 15) is 9.59 Å². The first-order valence-electron chi connectivity index (χ1n) is 9.93. The van der Waals surface area contributed by atoms with Gasteiger partial charge in [-0.05, 0) is 30.0 Å². The van der Waals surface area contributed by atoms with Gasteiger partial charge in [0.25, 0.3) is 0 Å². The van der Waals surface area contributed by atoms with Crippen LogP contribution in [0.5, 0.6) is 0 Å². The number of aryl methyl sites for hydroxylation is 1. The van der Waals surface area contributed by atoms with Crippen molar-refractivity contribution in [1.29, 1.82) is 0 Å². The number of hydrogen-bond acceptors (Lipinski definition) is 5. The minimum atomic E-state index is -0.632. The highest BCUT2D eigenvalue weighted by Crippen LogP contribution is 2.30.